The number of aliphatic imine (C=N–C) groups is 1. The molecule has 2 N–H and O–H groups in total. The fourth-order valence-corrected chi connectivity index (χ4v) is 2.61. The van der Waals surface area contributed by atoms with Gasteiger partial charge in [-0.2, -0.15) is 11.8 Å². The number of nitrogens with two attached hydrogens (primary N) is 1. The fourth-order valence-electron chi connectivity index (χ4n) is 1.95. The summed E-state index contributed by atoms with van der Waals surface area (Å²) in [5, 5.41) is 0.687. The molecule has 0 radical (unpaired) electrons. The van der Waals surface area contributed by atoms with Gasteiger partial charge in [0.2, 0.25) is 0 Å². The summed E-state index contributed by atoms with van der Waals surface area (Å²) < 4.78 is 0. The number of nitrogens with zero attached hydrogens (tertiary/aromatic N) is 2. The van der Waals surface area contributed by atoms with Gasteiger partial charge >= 0.3 is 0 Å². The third-order valence-corrected chi connectivity index (χ3v) is 3.88. The molecule has 1 unspecified atom stereocenters. The minimum atomic E-state index is 0.687. The van der Waals surface area contributed by atoms with E-state index in [1.807, 2.05) is 11.8 Å². The van der Waals surface area contributed by atoms with Gasteiger partial charge in [-0.3, -0.25) is 4.99 Å². The molecule has 16 heavy (non-hydrogen) atoms. The maximum atomic E-state index is 5.99. The highest BCUT2D eigenvalue weighted by molar-refractivity contribution is 7.99. The molecule has 0 aromatic carbocycles. The lowest BCUT2D eigenvalue weighted by Crippen LogP contribution is -2.43. The Morgan fingerprint density at radius 1 is 1.56 bits per heavy atom. The number of piperidine rings is 1. The predicted octanol–water partition coefficient (Wildman–Crippen LogP) is 2.17. The molecule has 0 spiro atoms. The molecule has 1 aliphatic heterocycles. The monoisotopic (exact) mass is 243 g/mol. The van der Waals surface area contributed by atoms with Crippen LogP contribution in [-0.4, -0.2) is 41.5 Å². The van der Waals surface area contributed by atoms with Crippen LogP contribution >= 0.6 is 11.8 Å². The third kappa shape index (κ3) is 5.10. The summed E-state index contributed by atoms with van der Waals surface area (Å²) in [4.78, 5) is 6.68. The van der Waals surface area contributed by atoms with Gasteiger partial charge in [0.05, 0.1) is 6.54 Å². The van der Waals surface area contributed by atoms with Gasteiger partial charge in [-0.15, -0.1) is 0 Å². The van der Waals surface area contributed by atoms with E-state index < -0.39 is 0 Å². The lowest BCUT2D eigenvalue weighted by molar-refractivity contribution is 0.270. The number of hydrogen-bond acceptors (Lipinski definition) is 2. The first-order valence-electron chi connectivity index (χ1n) is 6.26. The Bertz CT molecular complexity index is 228. The minimum absolute atomic E-state index is 0.687. The summed E-state index contributed by atoms with van der Waals surface area (Å²) in [6.45, 7) is 9.71. The number of guanidine groups is 1. The van der Waals surface area contributed by atoms with E-state index >= 15 is 0 Å². The van der Waals surface area contributed by atoms with Crippen molar-refractivity contribution in [2.45, 2.75) is 38.9 Å². The Labute approximate surface area is 104 Å². The molecule has 0 amide bonds. The molecule has 0 aromatic rings. The second-order valence-electron chi connectivity index (χ2n) is 4.85. The lowest BCUT2D eigenvalue weighted by Gasteiger charge is -2.31. The van der Waals surface area contributed by atoms with E-state index in [0.29, 0.717) is 5.25 Å². The molecule has 1 rings (SSSR count). The highest BCUT2D eigenvalue weighted by Gasteiger charge is 2.17. The van der Waals surface area contributed by atoms with Gasteiger partial charge in [0, 0.05) is 18.8 Å². The van der Waals surface area contributed by atoms with E-state index in [0.717, 1.165) is 37.3 Å². The van der Waals surface area contributed by atoms with Gasteiger partial charge in [0.1, 0.15) is 0 Å². The molecule has 1 aliphatic rings. The topological polar surface area (TPSA) is 41.6 Å². The fraction of sp³-hybridized carbons (Fsp3) is 0.917. The maximum absolute atomic E-state index is 5.99. The summed E-state index contributed by atoms with van der Waals surface area (Å²) in [7, 11) is 0. The van der Waals surface area contributed by atoms with Crippen LogP contribution in [0.15, 0.2) is 4.99 Å². The molecule has 1 saturated heterocycles. The van der Waals surface area contributed by atoms with Crippen molar-refractivity contribution in [1.29, 1.82) is 0 Å². The molecule has 1 fully saturated rings. The first-order chi connectivity index (χ1) is 7.59. The molecule has 0 aromatic heterocycles. The SMILES string of the molecule is CC1CCCN(C(N)=NCCSC(C)C)C1. The van der Waals surface area contributed by atoms with Crippen LogP contribution < -0.4 is 5.73 Å². The summed E-state index contributed by atoms with van der Waals surface area (Å²) in [5.74, 6) is 2.57. The number of rotatable bonds is 4. The number of likely N-dealkylation sites (tertiary alicyclic amines) is 1. The van der Waals surface area contributed by atoms with Gasteiger partial charge in [-0.25, -0.2) is 0 Å². The highest BCUT2D eigenvalue weighted by atomic mass is 32.2. The van der Waals surface area contributed by atoms with Crippen LogP contribution in [0.4, 0.5) is 0 Å². The third-order valence-electron chi connectivity index (χ3n) is 2.80. The minimum Gasteiger partial charge on any atom is -0.370 e. The average molecular weight is 243 g/mol. The summed E-state index contributed by atoms with van der Waals surface area (Å²) in [6, 6.07) is 0. The van der Waals surface area contributed by atoms with Gasteiger partial charge in [-0.1, -0.05) is 20.8 Å². The highest BCUT2D eigenvalue weighted by Crippen LogP contribution is 2.15. The van der Waals surface area contributed by atoms with E-state index in [-0.39, 0.29) is 0 Å². The molecule has 3 nitrogen and oxygen atoms in total. The zero-order chi connectivity index (χ0) is 12.0. The number of thioether (sulfide) groups is 1. The zero-order valence-corrected chi connectivity index (χ0v) is 11.6. The molecular formula is C12H25N3S. The number of hydrogen-bond donors (Lipinski definition) is 1. The Balaban J connectivity index is 2.26. The van der Waals surface area contributed by atoms with Crippen molar-refractivity contribution in [3.63, 3.8) is 0 Å². The first-order valence-corrected chi connectivity index (χ1v) is 7.31. The molecule has 94 valence electrons. The van der Waals surface area contributed by atoms with E-state index in [4.69, 9.17) is 5.73 Å². The summed E-state index contributed by atoms with van der Waals surface area (Å²) in [5.41, 5.74) is 5.99. The van der Waals surface area contributed by atoms with Crippen LogP contribution in [0.5, 0.6) is 0 Å². The first kappa shape index (κ1) is 13.7. The molecule has 4 heteroatoms. The normalized spacial score (nSPS) is 22.9. The van der Waals surface area contributed by atoms with Crippen molar-refractivity contribution in [2.24, 2.45) is 16.6 Å². The van der Waals surface area contributed by atoms with E-state index in [1.54, 1.807) is 0 Å². The van der Waals surface area contributed by atoms with Gasteiger partial charge in [0.15, 0.2) is 5.96 Å². The maximum Gasteiger partial charge on any atom is 0.191 e. The molecular weight excluding hydrogens is 218 g/mol. The van der Waals surface area contributed by atoms with Crippen molar-refractivity contribution in [1.82, 2.24) is 4.90 Å². The largest absolute Gasteiger partial charge is 0.370 e. The molecule has 0 saturated carbocycles. The zero-order valence-electron chi connectivity index (χ0n) is 10.8. The van der Waals surface area contributed by atoms with Crippen LogP contribution in [0, 0.1) is 5.92 Å². The second-order valence-corrected chi connectivity index (χ2v) is 6.54. The standard InChI is InChI=1S/C12H25N3S/c1-10(2)16-8-6-14-12(13)15-7-4-5-11(3)9-15/h10-11H,4-9H2,1-3H3,(H2,13,14). The average Bonchev–Trinajstić information content (AvgIpc) is 2.24. The Morgan fingerprint density at radius 2 is 2.31 bits per heavy atom. The van der Waals surface area contributed by atoms with Crippen LogP contribution in [0.25, 0.3) is 0 Å². The summed E-state index contributed by atoms with van der Waals surface area (Å²) in [6.07, 6.45) is 2.57. The van der Waals surface area contributed by atoms with Gasteiger partial charge in [-0.05, 0) is 24.0 Å². The molecule has 1 atom stereocenters. The van der Waals surface area contributed by atoms with Crippen LogP contribution in [0.3, 0.4) is 0 Å². The van der Waals surface area contributed by atoms with Crippen molar-refractivity contribution >= 4 is 17.7 Å². The molecule has 0 aliphatic carbocycles. The van der Waals surface area contributed by atoms with Gasteiger partial charge in [0.25, 0.3) is 0 Å². The van der Waals surface area contributed by atoms with E-state index in [2.05, 4.69) is 30.7 Å². The smallest absolute Gasteiger partial charge is 0.191 e. The summed E-state index contributed by atoms with van der Waals surface area (Å²) >= 11 is 1.94. The Morgan fingerprint density at radius 3 is 2.94 bits per heavy atom. The molecule has 0 bridgehead atoms. The van der Waals surface area contributed by atoms with Crippen molar-refractivity contribution in [2.75, 3.05) is 25.4 Å². The van der Waals surface area contributed by atoms with Crippen LogP contribution in [0.1, 0.15) is 33.6 Å². The van der Waals surface area contributed by atoms with Crippen LogP contribution in [0.2, 0.25) is 0 Å². The van der Waals surface area contributed by atoms with Crippen molar-refractivity contribution < 1.29 is 0 Å². The Kier molecular flexibility index (Phi) is 6.03. The Hall–Kier alpha value is -0.380. The van der Waals surface area contributed by atoms with Gasteiger partial charge < -0.3 is 10.6 Å². The lowest BCUT2D eigenvalue weighted by atomic mass is 10.0. The van der Waals surface area contributed by atoms with Crippen LogP contribution in [-0.2, 0) is 0 Å². The van der Waals surface area contributed by atoms with Crippen molar-refractivity contribution in [3.05, 3.63) is 0 Å². The van der Waals surface area contributed by atoms with Crippen molar-refractivity contribution in [3.8, 4) is 0 Å². The van der Waals surface area contributed by atoms with E-state index in [1.165, 1.54) is 12.8 Å². The van der Waals surface area contributed by atoms with E-state index in [9.17, 15) is 0 Å². The second kappa shape index (κ2) is 7.05. The quantitative estimate of drug-likeness (QED) is 0.467. The molecule has 1 heterocycles. The predicted molar refractivity (Wildman–Crippen MR) is 74.1 cm³/mol.